The van der Waals surface area contributed by atoms with Crippen molar-refractivity contribution >= 4 is 35.2 Å². The molecule has 0 aromatic heterocycles. The lowest BCUT2D eigenvalue weighted by atomic mass is 10.1. The third-order valence-electron chi connectivity index (χ3n) is 3.47. The van der Waals surface area contributed by atoms with E-state index in [2.05, 4.69) is 5.32 Å². The van der Waals surface area contributed by atoms with Gasteiger partial charge in [0, 0.05) is 11.1 Å². The summed E-state index contributed by atoms with van der Waals surface area (Å²) in [5.74, 6) is -6.63. The molecule has 0 spiro atoms. The Morgan fingerprint density at radius 3 is 2.38 bits per heavy atom. The number of amides is 2. The molecule has 2 amide bonds. The average molecular weight is 437 g/mol. The average Bonchev–Trinajstić information content (AvgIpc) is 2.65. The molecule has 4 nitrogen and oxygen atoms in total. The van der Waals surface area contributed by atoms with Gasteiger partial charge in [-0.25, -0.2) is 13.2 Å². The molecule has 0 aliphatic carbocycles. The number of alkyl halides is 3. The molecule has 2 aromatic rings. The van der Waals surface area contributed by atoms with E-state index in [0.29, 0.717) is 6.07 Å². The lowest BCUT2D eigenvalue weighted by Gasteiger charge is -2.08. The Hall–Kier alpha value is -3.01. The minimum Gasteiger partial charge on any atom is -0.343 e. The maximum atomic E-state index is 13.5. The van der Waals surface area contributed by atoms with Crippen molar-refractivity contribution in [2.24, 2.45) is 0 Å². The maximum absolute atomic E-state index is 13.5. The zero-order valence-electron chi connectivity index (χ0n) is 14.2. The van der Waals surface area contributed by atoms with E-state index in [0.717, 1.165) is 36.4 Å². The van der Waals surface area contributed by atoms with E-state index in [9.17, 15) is 35.9 Å². The van der Waals surface area contributed by atoms with Crippen molar-refractivity contribution in [3.63, 3.8) is 0 Å². The quantitative estimate of drug-likeness (QED) is 0.410. The molecule has 2 rings (SSSR count). The maximum Gasteiger partial charge on any atom is 0.416 e. The Morgan fingerprint density at radius 2 is 1.72 bits per heavy atom. The molecule has 0 bridgehead atoms. The molecule has 0 aliphatic heterocycles. The third kappa shape index (κ3) is 5.98. The number of nitrogens with one attached hydrogen (secondary N) is 2. The highest BCUT2D eigenvalue weighted by Crippen LogP contribution is 2.32. The molecule has 0 saturated heterocycles. The number of anilines is 1. The summed E-state index contributed by atoms with van der Waals surface area (Å²) in [7, 11) is 0. The summed E-state index contributed by atoms with van der Waals surface area (Å²) in [6.45, 7) is -0.669. The van der Waals surface area contributed by atoms with Crippen LogP contribution in [0.1, 0.15) is 11.1 Å². The Balaban J connectivity index is 1.96. The van der Waals surface area contributed by atoms with Crippen LogP contribution in [0.3, 0.4) is 0 Å². The molecule has 11 heteroatoms. The summed E-state index contributed by atoms with van der Waals surface area (Å²) in [4.78, 5) is 23.4. The van der Waals surface area contributed by atoms with Crippen LogP contribution in [-0.4, -0.2) is 18.4 Å². The smallest absolute Gasteiger partial charge is 0.343 e. The molecule has 2 N–H and O–H groups in total. The van der Waals surface area contributed by atoms with Gasteiger partial charge in [0.2, 0.25) is 11.8 Å². The number of carbonyl (C=O) groups excluding carboxylic acids is 2. The summed E-state index contributed by atoms with van der Waals surface area (Å²) >= 11 is 5.78. The van der Waals surface area contributed by atoms with Crippen LogP contribution in [0.2, 0.25) is 5.02 Å². The second-order valence-corrected chi connectivity index (χ2v) is 5.96. The van der Waals surface area contributed by atoms with Gasteiger partial charge in [-0.05, 0) is 42.0 Å². The van der Waals surface area contributed by atoms with Crippen LogP contribution < -0.4 is 10.6 Å². The van der Waals surface area contributed by atoms with Crippen molar-refractivity contribution in [1.82, 2.24) is 5.32 Å². The van der Waals surface area contributed by atoms with Gasteiger partial charge in [0.15, 0.2) is 17.5 Å². The lowest BCUT2D eigenvalue weighted by molar-refractivity contribution is -0.137. The van der Waals surface area contributed by atoms with E-state index < -0.39 is 53.2 Å². The van der Waals surface area contributed by atoms with Crippen LogP contribution in [0.25, 0.3) is 6.08 Å². The fourth-order valence-electron chi connectivity index (χ4n) is 2.06. The topological polar surface area (TPSA) is 58.2 Å². The SMILES string of the molecule is O=C(/C=C/c1cc(C(F)(F)F)ccc1Cl)NCC(=O)Nc1ccc(F)c(F)c1F. The summed E-state index contributed by atoms with van der Waals surface area (Å²) in [5.41, 5.74) is -1.67. The summed E-state index contributed by atoms with van der Waals surface area (Å²) in [6.07, 6.45) is -2.74. The van der Waals surface area contributed by atoms with Crippen molar-refractivity contribution in [3.8, 4) is 0 Å². The summed E-state index contributed by atoms with van der Waals surface area (Å²) in [6, 6.07) is 3.94. The molecule has 0 heterocycles. The molecule has 0 fully saturated rings. The first-order chi connectivity index (χ1) is 13.5. The van der Waals surface area contributed by atoms with Gasteiger partial charge in [-0.3, -0.25) is 9.59 Å². The third-order valence-corrected chi connectivity index (χ3v) is 3.81. The number of carbonyl (C=O) groups is 2. The van der Waals surface area contributed by atoms with E-state index in [1.165, 1.54) is 0 Å². The van der Waals surface area contributed by atoms with E-state index in [1.807, 2.05) is 5.32 Å². The van der Waals surface area contributed by atoms with Crippen molar-refractivity contribution in [1.29, 1.82) is 0 Å². The van der Waals surface area contributed by atoms with Gasteiger partial charge in [-0.2, -0.15) is 13.2 Å². The van der Waals surface area contributed by atoms with Gasteiger partial charge < -0.3 is 10.6 Å². The molecule has 29 heavy (non-hydrogen) atoms. The second-order valence-electron chi connectivity index (χ2n) is 5.56. The highest BCUT2D eigenvalue weighted by Gasteiger charge is 2.30. The Kier molecular flexibility index (Phi) is 6.91. The molecule has 0 radical (unpaired) electrons. The van der Waals surface area contributed by atoms with Gasteiger partial charge in [0.1, 0.15) is 0 Å². The molecule has 154 valence electrons. The van der Waals surface area contributed by atoms with Gasteiger partial charge in [0.25, 0.3) is 0 Å². The zero-order chi connectivity index (χ0) is 21.8. The minimum atomic E-state index is -4.59. The predicted molar refractivity (Wildman–Crippen MR) is 93.4 cm³/mol. The Labute approximate surface area is 165 Å². The zero-order valence-corrected chi connectivity index (χ0v) is 15.0. The van der Waals surface area contributed by atoms with Gasteiger partial charge >= 0.3 is 6.18 Å². The molecule has 0 aliphatic rings. The standard InChI is InChI=1S/C18H11ClF6N2O2/c19-11-3-2-10(18(23,24)25)7-9(11)1-6-14(28)26-8-15(29)27-13-5-4-12(20)16(21)17(13)22/h1-7H,8H2,(H,26,28)(H,27,29)/b6-1+. The molecular formula is C18H11ClF6N2O2. The van der Waals surface area contributed by atoms with Crippen LogP contribution in [0.5, 0.6) is 0 Å². The molecular weight excluding hydrogens is 426 g/mol. The molecule has 2 aromatic carbocycles. The number of halogens is 7. The van der Waals surface area contributed by atoms with Crippen molar-refractivity contribution in [3.05, 3.63) is 70.0 Å². The summed E-state index contributed by atoms with van der Waals surface area (Å²) in [5, 5.41) is 3.99. The van der Waals surface area contributed by atoms with Gasteiger partial charge in [-0.1, -0.05) is 11.6 Å². The first kappa shape index (κ1) is 22.3. The number of hydrogen-bond donors (Lipinski definition) is 2. The van der Waals surface area contributed by atoms with Gasteiger partial charge in [-0.15, -0.1) is 0 Å². The van der Waals surface area contributed by atoms with Crippen molar-refractivity contribution < 1.29 is 35.9 Å². The second kappa shape index (κ2) is 8.99. The highest BCUT2D eigenvalue weighted by atomic mass is 35.5. The van der Waals surface area contributed by atoms with E-state index in [-0.39, 0.29) is 10.6 Å². The molecule has 0 unspecified atom stereocenters. The fraction of sp³-hybridized carbons (Fsp3) is 0.111. The first-order valence-corrected chi connectivity index (χ1v) is 8.13. The highest BCUT2D eigenvalue weighted by molar-refractivity contribution is 6.32. The van der Waals surface area contributed by atoms with E-state index in [1.54, 1.807) is 0 Å². The van der Waals surface area contributed by atoms with E-state index >= 15 is 0 Å². The summed E-state index contributed by atoms with van der Waals surface area (Å²) < 4.78 is 77.5. The van der Waals surface area contributed by atoms with Crippen LogP contribution in [0, 0.1) is 17.5 Å². The van der Waals surface area contributed by atoms with Crippen LogP contribution >= 0.6 is 11.6 Å². The largest absolute Gasteiger partial charge is 0.416 e. The Morgan fingerprint density at radius 1 is 1.03 bits per heavy atom. The molecule has 0 atom stereocenters. The van der Waals surface area contributed by atoms with Crippen molar-refractivity contribution in [2.75, 3.05) is 11.9 Å². The normalized spacial score (nSPS) is 11.6. The fourth-order valence-corrected chi connectivity index (χ4v) is 2.24. The van der Waals surface area contributed by atoms with E-state index in [4.69, 9.17) is 11.6 Å². The number of hydrogen-bond acceptors (Lipinski definition) is 2. The lowest BCUT2D eigenvalue weighted by Crippen LogP contribution is -2.32. The van der Waals surface area contributed by atoms with Gasteiger partial charge in [0.05, 0.1) is 17.8 Å². The Bertz CT molecular complexity index is 976. The minimum absolute atomic E-state index is 0.0337. The van der Waals surface area contributed by atoms with Crippen molar-refractivity contribution in [2.45, 2.75) is 6.18 Å². The van der Waals surface area contributed by atoms with Crippen LogP contribution in [0.4, 0.5) is 32.0 Å². The van der Waals surface area contributed by atoms with Crippen LogP contribution in [-0.2, 0) is 15.8 Å². The van der Waals surface area contributed by atoms with Crippen LogP contribution in [0.15, 0.2) is 36.4 Å². The first-order valence-electron chi connectivity index (χ1n) is 7.75. The number of benzene rings is 2. The molecule has 0 saturated carbocycles. The predicted octanol–water partition coefficient (Wildman–Crippen LogP) is 4.54. The monoisotopic (exact) mass is 436 g/mol. The number of rotatable bonds is 5.